The van der Waals surface area contributed by atoms with Crippen LogP contribution >= 0.6 is 0 Å². The van der Waals surface area contributed by atoms with Gasteiger partial charge >= 0.3 is 0 Å². The summed E-state index contributed by atoms with van der Waals surface area (Å²) in [5, 5.41) is 34.2. The van der Waals surface area contributed by atoms with E-state index in [0.29, 0.717) is 28.6 Å². The quantitative estimate of drug-likeness (QED) is 0.216. The summed E-state index contributed by atoms with van der Waals surface area (Å²) in [6.45, 7) is 2.93. The second-order valence-corrected chi connectivity index (χ2v) is 12.2. The number of aliphatic hydroxyl groups excluding tert-OH is 2. The zero-order valence-electron chi connectivity index (χ0n) is 22.9. The molecule has 1 aliphatic rings. The molecule has 1 saturated carbocycles. The van der Waals surface area contributed by atoms with Gasteiger partial charge in [-0.2, -0.15) is 15.2 Å². The number of halogens is 2. The molecule has 3 heterocycles. The lowest BCUT2D eigenvalue weighted by Gasteiger charge is -2.22. The van der Waals surface area contributed by atoms with Crippen molar-refractivity contribution in [3.63, 3.8) is 0 Å². The molecule has 4 N–H and O–H groups in total. The van der Waals surface area contributed by atoms with E-state index in [-0.39, 0.29) is 25.1 Å². The molecule has 1 aromatic carbocycles. The molecule has 0 atom stereocenters. The van der Waals surface area contributed by atoms with Gasteiger partial charge in [-0.25, -0.2) is 22.2 Å². The number of nitrogens with one attached hydrogen (secondary N) is 2. The van der Waals surface area contributed by atoms with Gasteiger partial charge in [0, 0.05) is 42.4 Å². The summed E-state index contributed by atoms with van der Waals surface area (Å²) >= 11 is 0. The van der Waals surface area contributed by atoms with Crippen molar-refractivity contribution in [2.45, 2.75) is 43.5 Å². The molecule has 15 heteroatoms. The highest BCUT2D eigenvalue weighted by Gasteiger charge is 2.34. The zero-order valence-corrected chi connectivity index (χ0v) is 23.7. The molecule has 3 aromatic heterocycles. The Morgan fingerprint density at radius 1 is 1.15 bits per heavy atom. The molecule has 218 valence electrons. The molecule has 1 fully saturated rings. The molecule has 12 nitrogen and oxygen atoms in total. The molecule has 4 aromatic rings. The number of H-pyrrole nitrogens is 1. The largest absolute Gasteiger partial charge is 0.394 e. The number of aryl methyl sites for hydroxylation is 2. The normalized spacial score (nSPS) is 13.7. The summed E-state index contributed by atoms with van der Waals surface area (Å²) in [7, 11) is -2.47. The molecule has 5 rings (SSSR count). The van der Waals surface area contributed by atoms with Gasteiger partial charge in [0.2, 0.25) is 5.95 Å². The number of aliphatic hydroxyl groups is 2. The van der Waals surface area contributed by atoms with Gasteiger partial charge in [-0.3, -0.25) is 9.78 Å². The minimum Gasteiger partial charge on any atom is -0.394 e. The Hall–Kier alpha value is -3.95. The van der Waals surface area contributed by atoms with E-state index in [0.717, 1.165) is 47.4 Å². The Bertz CT molecular complexity index is 1690. The number of benzene rings is 1. The maximum atomic E-state index is 15.2. The molecular formula is C26H30F2N8O4S. The standard InChI is InChI=1S/C26H30F2N8O4S/c1-13-7-21(33-32-13)29-25-22(15-5-6-15)23(18-10-36(34-14(18)2)16(11-37)12-38)30-26(31-25)35(3)24-19(27)8-17(9-20(24)28)41(4,39)40/h7-10,15-16,37-38H,5-6,11-12H2,1-4H3,(H2,29,30,31,32,33). The van der Waals surface area contributed by atoms with Gasteiger partial charge in [-0.15, -0.1) is 0 Å². The van der Waals surface area contributed by atoms with Crippen LogP contribution in [0, 0.1) is 25.5 Å². The van der Waals surface area contributed by atoms with Crippen LogP contribution in [0.25, 0.3) is 11.3 Å². The number of rotatable bonds is 10. The number of aromatic amines is 1. The van der Waals surface area contributed by atoms with Crippen LogP contribution in [-0.2, 0) is 9.84 Å². The van der Waals surface area contributed by atoms with Crippen LogP contribution < -0.4 is 10.2 Å². The van der Waals surface area contributed by atoms with Crippen LogP contribution in [0.5, 0.6) is 0 Å². The Morgan fingerprint density at radius 3 is 2.34 bits per heavy atom. The van der Waals surface area contributed by atoms with Gasteiger partial charge in [0.25, 0.3) is 0 Å². The van der Waals surface area contributed by atoms with Crippen molar-refractivity contribution < 1.29 is 27.4 Å². The highest BCUT2D eigenvalue weighted by Crippen LogP contribution is 2.48. The number of sulfone groups is 1. The van der Waals surface area contributed by atoms with Gasteiger partial charge in [-0.1, -0.05) is 0 Å². The Balaban J connectivity index is 1.71. The van der Waals surface area contributed by atoms with Crippen LogP contribution in [-0.4, -0.2) is 75.1 Å². The summed E-state index contributed by atoms with van der Waals surface area (Å²) in [6.07, 6.45) is 4.28. The minimum atomic E-state index is -3.85. The number of anilines is 4. The van der Waals surface area contributed by atoms with Gasteiger partial charge in [-0.05, 0) is 44.7 Å². The summed E-state index contributed by atoms with van der Waals surface area (Å²) in [4.78, 5) is 10.0. The average Bonchev–Trinajstić information content (AvgIpc) is 3.55. The summed E-state index contributed by atoms with van der Waals surface area (Å²) in [5.41, 5.74) is 2.65. The van der Waals surface area contributed by atoms with Crippen LogP contribution in [0.15, 0.2) is 29.3 Å². The predicted octanol–water partition coefficient (Wildman–Crippen LogP) is 3.28. The monoisotopic (exact) mass is 588 g/mol. The second kappa shape index (κ2) is 10.8. The van der Waals surface area contributed by atoms with Crippen molar-refractivity contribution in [1.82, 2.24) is 29.9 Å². The molecule has 0 aliphatic heterocycles. The molecule has 0 amide bonds. The predicted molar refractivity (Wildman–Crippen MR) is 147 cm³/mol. The molecule has 0 radical (unpaired) electrons. The maximum absolute atomic E-state index is 15.2. The van der Waals surface area contributed by atoms with Crippen LogP contribution in [0.2, 0.25) is 0 Å². The van der Waals surface area contributed by atoms with Crippen molar-refractivity contribution in [2.24, 2.45) is 0 Å². The Labute approximate surface area is 235 Å². The molecule has 0 bridgehead atoms. The molecule has 0 saturated heterocycles. The average molecular weight is 589 g/mol. The molecule has 1 aliphatic carbocycles. The fraction of sp³-hybridized carbons (Fsp3) is 0.385. The first kappa shape index (κ1) is 28.6. The lowest BCUT2D eigenvalue weighted by molar-refractivity contribution is 0.146. The highest BCUT2D eigenvalue weighted by molar-refractivity contribution is 7.90. The smallest absolute Gasteiger partial charge is 0.232 e. The third kappa shape index (κ3) is 5.64. The number of hydrogen-bond donors (Lipinski definition) is 4. The molecule has 0 unspecified atom stereocenters. The summed E-state index contributed by atoms with van der Waals surface area (Å²) < 4.78 is 55.7. The van der Waals surface area contributed by atoms with Crippen molar-refractivity contribution >= 4 is 33.1 Å². The maximum Gasteiger partial charge on any atom is 0.232 e. The van der Waals surface area contributed by atoms with Crippen molar-refractivity contribution in [2.75, 3.05) is 36.7 Å². The third-order valence-corrected chi connectivity index (χ3v) is 7.99. The third-order valence-electron chi connectivity index (χ3n) is 6.89. The van der Waals surface area contributed by atoms with Crippen LogP contribution in [0.3, 0.4) is 0 Å². The van der Waals surface area contributed by atoms with Crippen molar-refractivity contribution in [3.8, 4) is 11.3 Å². The van der Waals surface area contributed by atoms with Crippen molar-refractivity contribution in [3.05, 3.63) is 53.0 Å². The number of hydrogen-bond acceptors (Lipinski definition) is 10. The number of aromatic nitrogens is 6. The van der Waals surface area contributed by atoms with E-state index >= 15 is 8.78 Å². The van der Waals surface area contributed by atoms with Crippen molar-refractivity contribution in [1.29, 1.82) is 0 Å². The highest BCUT2D eigenvalue weighted by atomic mass is 32.2. The second-order valence-electron chi connectivity index (χ2n) is 10.2. The molecule has 0 spiro atoms. The van der Waals surface area contributed by atoms with E-state index in [2.05, 4.69) is 25.6 Å². The van der Waals surface area contributed by atoms with E-state index in [1.165, 1.54) is 11.7 Å². The first-order valence-corrected chi connectivity index (χ1v) is 14.7. The summed E-state index contributed by atoms with van der Waals surface area (Å²) in [5.74, 6) is -1.31. The SMILES string of the molecule is Cc1cc(Nc2nc(N(C)c3c(F)cc(S(C)(=O)=O)cc3F)nc(-c3cn(C(CO)CO)nc3C)c2C2CC2)n[nH]1. The fourth-order valence-electron chi connectivity index (χ4n) is 4.57. The van der Waals surface area contributed by atoms with E-state index in [1.54, 1.807) is 19.2 Å². The van der Waals surface area contributed by atoms with E-state index in [9.17, 15) is 18.6 Å². The van der Waals surface area contributed by atoms with E-state index in [1.807, 2.05) is 6.92 Å². The van der Waals surface area contributed by atoms with Crippen LogP contribution in [0.1, 0.15) is 41.8 Å². The fourth-order valence-corrected chi connectivity index (χ4v) is 5.21. The number of nitrogens with zero attached hydrogens (tertiary/aromatic N) is 6. The topological polar surface area (TPSA) is 162 Å². The van der Waals surface area contributed by atoms with Gasteiger partial charge in [0.1, 0.15) is 11.5 Å². The lowest BCUT2D eigenvalue weighted by atomic mass is 10.0. The van der Waals surface area contributed by atoms with Crippen LogP contribution in [0.4, 0.5) is 32.1 Å². The summed E-state index contributed by atoms with van der Waals surface area (Å²) in [6, 6.07) is 2.62. The molecule has 41 heavy (non-hydrogen) atoms. The first-order chi connectivity index (χ1) is 19.4. The minimum absolute atomic E-state index is 0.0721. The van der Waals surface area contributed by atoms with E-state index in [4.69, 9.17) is 4.98 Å². The Morgan fingerprint density at radius 2 is 1.80 bits per heavy atom. The zero-order chi connectivity index (χ0) is 29.6. The van der Waals surface area contributed by atoms with Gasteiger partial charge < -0.3 is 20.4 Å². The first-order valence-electron chi connectivity index (χ1n) is 12.8. The Kier molecular flexibility index (Phi) is 7.52. The lowest BCUT2D eigenvalue weighted by Crippen LogP contribution is -2.19. The van der Waals surface area contributed by atoms with Gasteiger partial charge in [0.15, 0.2) is 27.3 Å². The van der Waals surface area contributed by atoms with E-state index < -0.39 is 38.1 Å². The van der Waals surface area contributed by atoms with Gasteiger partial charge in [0.05, 0.1) is 35.5 Å². The molecular weight excluding hydrogens is 558 g/mol.